The van der Waals surface area contributed by atoms with Gasteiger partial charge in [-0.25, -0.2) is 4.98 Å². The van der Waals surface area contributed by atoms with Crippen LogP contribution in [0.5, 0.6) is 0 Å². The van der Waals surface area contributed by atoms with Crippen LogP contribution in [-0.4, -0.2) is 18.3 Å². The van der Waals surface area contributed by atoms with E-state index in [0.29, 0.717) is 33.6 Å². The van der Waals surface area contributed by atoms with Gasteiger partial charge in [0.1, 0.15) is 11.6 Å². The number of nitrogens with zero attached hydrogens (tertiary/aromatic N) is 3. The molecule has 1 heterocycles. The van der Waals surface area contributed by atoms with E-state index < -0.39 is 0 Å². The second kappa shape index (κ2) is 7.93. The van der Waals surface area contributed by atoms with E-state index in [2.05, 4.69) is 21.6 Å². The lowest BCUT2D eigenvalue weighted by atomic mass is 10.1. The number of methoxy groups -OCH3 is 1. The number of nitriles is 1. The molecule has 1 aromatic heterocycles. The Kier molecular flexibility index (Phi) is 5.94. The molecule has 0 atom stereocenters. The molecule has 0 saturated carbocycles. The molecule has 5 nitrogen and oxygen atoms in total. The van der Waals surface area contributed by atoms with Crippen molar-refractivity contribution in [2.75, 3.05) is 12.5 Å². The van der Waals surface area contributed by atoms with Crippen LogP contribution in [0.4, 0.5) is 5.82 Å². The number of nitrogens with one attached hydrogen (secondary N) is 1. The smallest absolute Gasteiger partial charge is 0.164 e. The summed E-state index contributed by atoms with van der Waals surface area (Å²) in [6.07, 6.45) is 1.49. The zero-order chi connectivity index (χ0) is 16.8. The number of benzene rings is 1. The van der Waals surface area contributed by atoms with Gasteiger partial charge in [0.2, 0.25) is 0 Å². The quantitative estimate of drug-likeness (QED) is 0.650. The maximum absolute atomic E-state index is 9.34. The van der Waals surface area contributed by atoms with Crippen LogP contribution in [0.2, 0.25) is 10.0 Å². The molecule has 0 aliphatic carbocycles. The molecule has 0 unspecified atom stereocenters. The first-order valence-corrected chi connectivity index (χ1v) is 7.45. The molecule has 1 aromatic carbocycles. The Morgan fingerprint density at radius 1 is 1.39 bits per heavy atom. The van der Waals surface area contributed by atoms with E-state index in [1.165, 1.54) is 6.21 Å². The fourth-order valence-electron chi connectivity index (χ4n) is 2.01. The lowest BCUT2D eigenvalue weighted by Gasteiger charge is -2.09. The third kappa shape index (κ3) is 4.20. The highest BCUT2D eigenvalue weighted by atomic mass is 35.5. The van der Waals surface area contributed by atoms with Crippen LogP contribution in [0.3, 0.4) is 0 Å². The van der Waals surface area contributed by atoms with Crippen LogP contribution in [-0.2, 0) is 11.3 Å². The summed E-state index contributed by atoms with van der Waals surface area (Å²) in [5.41, 5.74) is 5.25. The van der Waals surface area contributed by atoms with Crippen molar-refractivity contribution in [3.63, 3.8) is 0 Å². The Labute approximate surface area is 144 Å². The van der Waals surface area contributed by atoms with Crippen molar-refractivity contribution in [3.05, 3.63) is 56.7 Å². The summed E-state index contributed by atoms with van der Waals surface area (Å²) >= 11 is 12.1. The van der Waals surface area contributed by atoms with Gasteiger partial charge in [0, 0.05) is 23.9 Å². The average molecular weight is 349 g/mol. The van der Waals surface area contributed by atoms with Gasteiger partial charge < -0.3 is 4.74 Å². The van der Waals surface area contributed by atoms with E-state index in [9.17, 15) is 5.26 Å². The molecule has 0 aliphatic heterocycles. The highest BCUT2D eigenvalue weighted by molar-refractivity contribution is 6.38. The van der Waals surface area contributed by atoms with Crippen LogP contribution in [0.15, 0.2) is 29.4 Å². The van der Waals surface area contributed by atoms with Crippen molar-refractivity contribution in [2.45, 2.75) is 13.5 Å². The molecule has 2 rings (SSSR count). The fourth-order valence-corrected chi connectivity index (χ4v) is 2.50. The Morgan fingerprint density at radius 2 is 2.09 bits per heavy atom. The van der Waals surface area contributed by atoms with Gasteiger partial charge in [0.05, 0.1) is 22.9 Å². The number of hydrogen-bond acceptors (Lipinski definition) is 5. The van der Waals surface area contributed by atoms with Gasteiger partial charge in [-0.05, 0) is 25.1 Å². The van der Waals surface area contributed by atoms with Crippen molar-refractivity contribution in [1.82, 2.24) is 4.98 Å². The molecule has 2 aromatic rings. The zero-order valence-corrected chi connectivity index (χ0v) is 14.1. The van der Waals surface area contributed by atoms with Gasteiger partial charge in [-0.1, -0.05) is 29.3 Å². The predicted octanol–water partition coefficient (Wildman–Crippen LogP) is 4.16. The monoisotopic (exact) mass is 348 g/mol. The summed E-state index contributed by atoms with van der Waals surface area (Å²) in [5.74, 6) is 0.360. The molecule has 0 fully saturated rings. The summed E-state index contributed by atoms with van der Waals surface area (Å²) < 4.78 is 5.11. The highest BCUT2D eigenvalue weighted by Crippen LogP contribution is 2.23. The molecule has 0 radical (unpaired) electrons. The molecule has 23 heavy (non-hydrogen) atoms. The van der Waals surface area contributed by atoms with Gasteiger partial charge in [-0.3, -0.25) is 5.43 Å². The van der Waals surface area contributed by atoms with Gasteiger partial charge in [-0.15, -0.1) is 0 Å². The molecule has 1 N–H and O–H groups in total. The predicted molar refractivity (Wildman–Crippen MR) is 92.1 cm³/mol. The first kappa shape index (κ1) is 17.2. The summed E-state index contributed by atoms with van der Waals surface area (Å²) in [6.45, 7) is 2.15. The summed E-state index contributed by atoms with van der Waals surface area (Å²) in [5, 5.41) is 14.4. The van der Waals surface area contributed by atoms with Crippen LogP contribution < -0.4 is 5.43 Å². The minimum Gasteiger partial charge on any atom is -0.380 e. The summed E-state index contributed by atoms with van der Waals surface area (Å²) in [6, 6.07) is 9.12. The Morgan fingerprint density at radius 3 is 2.70 bits per heavy atom. The van der Waals surface area contributed by atoms with E-state index in [0.717, 1.165) is 11.3 Å². The minimum atomic E-state index is 0.320. The Hall–Kier alpha value is -2.13. The third-order valence-corrected chi connectivity index (χ3v) is 3.66. The molecule has 0 amide bonds. The van der Waals surface area contributed by atoms with E-state index >= 15 is 0 Å². The first-order chi connectivity index (χ1) is 11.1. The van der Waals surface area contributed by atoms with Crippen molar-refractivity contribution in [3.8, 4) is 6.07 Å². The SMILES string of the molecule is COCc1cc(C)nc(N/N=C\c2c(Cl)cccc2Cl)c1C#N. The molecule has 118 valence electrons. The molecule has 0 bridgehead atoms. The number of pyridine rings is 1. The van der Waals surface area contributed by atoms with E-state index in [1.54, 1.807) is 25.3 Å². The van der Waals surface area contributed by atoms with Crippen LogP contribution in [0.1, 0.15) is 22.4 Å². The van der Waals surface area contributed by atoms with Crippen LogP contribution in [0, 0.1) is 18.3 Å². The largest absolute Gasteiger partial charge is 0.380 e. The highest BCUT2D eigenvalue weighted by Gasteiger charge is 2.11. The Bertz CT molecular complexity index is 764. The topological polar surface area (TPSA) is 70.3 Å². The van der Waals surface area contributed by atoms with Crippen molar-refractivity contribution in [2.24, 2.45) is 5.10 Å². The number of halogens is 2. The molecular weight excluding hydrogens is 335 g/mol. The summed E-state index contributed by atoms with van der Waals surface area (Å²) in [7, 11) is 1.57. The molecular formula is C16H14Cl2N4O. The van der Waals surface area contributed by atoms with Gasteiger partial charge in [-0.2, -0.15) is 10.4 Å². The number of aromatic nitrogens is 1. The van der Waals surface area contributed by atoms with Gasteiger partial charge >= 0.3 is 0 Å². The Balaban J connectivity index is 2.30. The lowest BCUT2D eigenvalue weighted by Crippen LogP contribution is -2.03. The number of anilines is 1. The van der Waals surface area contributed by atoms with Gasteiger partial charge in [0.25, 0.3) is 0 Å². The van der Waals surface area contributed by atoms with Gasteiger partial charge in [0.15, 0.2) is 5.82 Å². The normalized spacial score (nSPS) is 10.7. The molecule has 0 saturated heterocycles. The van der Waals surface area contributed by atoms with Crippen molar-refractivity contribution < 1.29 is 4.74 Å². The fraction of sp³-hybridized carbons (Fsp3) is 0.188. The molecule has 0 spiro atoms. The third-order valence-electron chi connectivity index (χ3n) is 3.00. The van der Waals surface area contributed by atoms with E-state index in [1.807, 2.05) is 13.0 Å². The zero-order valence-electron chi connectivity index (χ0n) is 12.6. The molecule has 0 aliphatic rings. The second-order valence-corrected chi connectivity index (χ2v) is 5.51. The van der Waals surface area contributed by atoms with Crippen LogP contribution >= 0.6 is 23.2 Å². The second-order valence-electron chi connectivity index (χ2n) is 4.70. The summed E-state index contributed by atoms with van der Waals surface area (Å²) in [4.78, 5) is 4.29. The van der Waals surface area contributed by atoms with E-state index in [-0.39, 0.29) is 0 Å². The van der Waals surface area contributed by atoms with Crippen LogP contribution in [0.25, 0.3) is 0 Å². The average Bonchev–Trinajstić information content (AvgIpc) is 2.50. The molecule has 7 heteroatoms. The number of ether oxygens (including phenoxy) is 1. The van der Waals surface area contributed by atoms with E-state index in [4.69, 9.17) is 27.9 Å². The maximum atomic E-state index is 9.34. The standard InChI is InChI=1S/C16H14Cl2N4O/c1-10-6-11(9-23-2)12(7-19)16(21-10)22-20-8-13-14(17)4-3-5-15(13)18/h3-6,8H,9H2,1-2H3,(H,21,22)/b20-8-. The van der Waals surface area contributed by atoms with Crippen molar-refractivity contribution in [1.29, 1.82) is 5.26 Å². The minimum absolute atomic E-state index is 0.320. The number of hydrazone groups is 1. The van der Waals surface area contributed by atoms with Crippen molar-refractivity contribution >= 4 is 35.2 Å². The number of hydrogen-bond donors (Lipinski definition) is 1. The maximum Gasteiger partial charge on any atom is 0.164 e. The number of aryl methyl sites for hydroxylation is 1. The first-order valence-electron chi connectivity index (χ1n) is 6.69. The number of rotatable bonds is 5. The lowest BCUT2D eigenvalue weighted by molar-refractivity contribution is 0.184.